The molecule has 0 unspecified atom stereocenters. The minimum absolute atomic E-state index is 0.397. The standard InChI is InChI=1S/C10H14N6O/c1-2-17-8-5-7(6-8)11-9-3-4-10-12-14-15-16(10)13-9/h3-4,7-8H,2,5-6H2,1H3,(H,11,13). The first-order valence-corrected chi connectivity index (χ1v) is 5.78. The normalized spacial score (nSPS) is 23.6. The molecule has 0 spiro atoms. The molecular weight excluding hydrogens is 220 g/mol. The summed E-state index contributed by atoms with van der Waals surface area (Å²) in [5.74, 6) is 0.796. The van der Waals surface area contributed by atoms with Crippen LogP contribution in [-0.2, 0) is 4.74 Å². The molecule has 2 aromatic heterocycles. The summed E-state index contributed by atoms with van der Waals surface area (Å²) in [5, 5.41) is 18.7. The van der Waals surface area contributed by atoms with Gasteiger partial charge >= 0.3 is 0 Å². The van der Waals surface area contributed by atoms with Gasteiger partial charge in [-0.05, 0) is 42.3 Å². The third kappa shape index (κ3) is 2.05. The Morgan fingerprint density at radius 3 is 3.18 bits per heavy atom. The molecule has 7 heteroatoms. The molecule has 1 aliphatic rings. The van der Waals surface area contributed by atoms with Crippen LogP contribution in [0.25, 0.3) is 5.65 Å². The molecule has 1 saturated carbocycles. The Hall–Kier alpha value is -1.76. The topological polar surface area (TPSA) is 77.2 Å². The highest BCUT2D eigenvalue weighted by Crippen LogP contribution is 2.25. The van der Waals surface area contributed by atoms with E-state index in [1.165, 1.54) is 4.63 Å². The Balaban J connectivity index is 1.62. The van der Waals surface area contributed by atoms with Crippen molar-refractivity contribution in [1.82, 2.24) is 25.3 Å². The van der Waals surface area contributed by atoms with Gasteiger partial charge in [0.25, 0.3) is 0 Å². The van der Waals surface area contributed by atoms with Crippen LogP contribution in [0.4, 0.5) is 5.82 Å². The summed E-state index contributed by atoms with van der Waals surface area (Å²) in [6, 6.07) is 4.17. The van der Waals surface area contributed by atoms with Gasteiger partial charge in [-0.1, -0.05) is 0 Å². The van der Waals surface area contributed by atoms with Crippen LogP contribution in [0.3, 0.4) is 0 Å². The molecule has 0 atom stereocenters. The van der Waals surface area contributed by atoms with Crippen LogP contribution < -0.4 is 5.32 Å². The van der Waals surface area contributed by atoms with Crippen LogP contribution in [0.5, 0.6) is 0 Å². The van der Waals surface area contributed by atoms with E-state index in [1.54, 1.807) is 0 Å². The third-order valence-corrected chi connectivity index (χ3v) is 2.92. The lowest BCUT2D eigenvalue weighted by atomic mass is 9.89. The SMILES string of the molecule is CCOC1CC(Nc2ccc3nnnn3n2)C1. The second kappa shape index (κ2) is 4.25. The highest BCUT2D eigenvalue weighted by atomic mass is 16.5. The quantitative estimate of drug-likeness (QED) is 0.830. The van der Waals surface area contributed by atoms with Gasteiger partial charge in [0.1, 0.15) is 5.82 Å². The average molecular weight is 234 g/mol. The predicted octanol–water partition coefficient (Wildman–Crippen LogP) is 0.499. The smallest absolute Gasteiger partial charge is 0.200 e. The number of fused-ring (bicyclic) bond motifs is 1. The average Bonchev–Trinajstić information content (AvgIpc) is 2.73. The fourth-order valence-corrected chi connectivity index (χ4v) is 1.99. The van der Waals surface area contributed by atoms with Crippen molar-refractivity contribution >= 4 is 11.5 Å². The number of hydrogen-bond acceptors (Lipinski definition) is 6. The van der Waals surface area contributed by atoms with E-state index in [9.17, 15) is 0 Å². The van der Waals surface area contributed by atoms with Crippen molar-refractivity contribution in [3.05, 3.63) is 12.1 Å². The molecule has 0 radical (unpaired) electrons. The molecule has 0 aromatic carbocycles. The van der Waals surface area contributed by atoms with E-state index in [1.807, 2.05) is 19.1 Å². The van der Waals surface area contributed by atoms with E-state index in [0.29, 0.717) is 17.8 Å². The Bertz CT molecular complexity index is 506. The molecule has 3 rings (SSSR count). The van der Waals surface area contributed by atoms with Gasteiger partial charge in [0.15, 0.2) is 5.65 Å². The summed E-state index contributed by atoms with van der Waals surface area (Å²) in [5.41, 5.74) is 0.649. The first-order chi connectivity index (χ1) is 8.35. The van der Waals surface area contributed by atoms with Crippen LogP contribution in [0.1, 0.15) is 19.8 Å². The van der Waals surface area contributed by atoms with Gasteiger partial charge in [0.2, 0.25) is 0 Å². The summed E-state index contributed by atoms with van der Waals surface area (Å²) < 4.78 is 6.92. The van der Waals surface area contributed by atoms with Gasteiger partial charge in [-0.3, -0.25) is 0 Å². The number of anilines is 1. The van der Waals surface area contributed by atoms with Crippen molar-refractivity contribution in [2.75, 3.05) is 11.9 Å². The first kappa shape index (κ1) is 10.4. The van der Waals surface area contributed by atoms with E-state index >= 15 is 0 Å². The minimum atomic E-state index is 0.397. The van der Waals surface area contributed by atoms with Crippen molar-refractivity contribution in [1.29, 1.82) is 0 Å². The van der Waals surface area contributed by atoms with E-state index in [0.717, 1.165) is 25.3 Å². The molecule has 0 saturated heterocycles. The predicted molar refractivity (Wildman–Crippen MR) is 60.6 cm³/mol. The summed E-state index contributed by atoms with van der Waals surface area (Å²) in [7, 11) is 0. The lowest BCUT2D eigenvalue weighted by Gasteiger charge is -2.35. The fourth-order valence-electron chi connectivity index (χ4n) is 1.99. The molecule has 0 amide bonds. The Morgan fingerprint density at radius 1 is 1.47 bits per heavy atom. The number of nitrogens with zero attached hydrogens (tertiary/aromatic N) is 5. The summed E-state index contributed by atoms with van der Waals surface area (Å²) in [6.45, 7) is 2.81. The molecule has 17 heavy (non-hydrogen) atoms. The van der Waals surface area contributed by atoms with Crippen LogP contribution in [0, 0.1) is 0 Å². The van der Waals surface area contributed by atoms with E-state index in [-0.39, 0.29) is 0 Å². The van der Waals surface area contributed by atoms with Crippen molar-refractivity contribution in [2.24, 2.45) is 0 Å². The zero-order valence-electron chi connectivity index (χ0n) is 9.58. The minimum Gasteiger partial charge on any atom is -0.378 e. The van der Waals surface area contributed by atoms with E-state index < -0.39 is 0 Å². The lowest BCUT2D eigenvalue weighted by molar-refractivity contribution is 0.00290. The Labute approximate surface area is 98.1 Å². The highest BCUT2D eigenvalue weighted by Gasteiger charge is 2.29. The molecule has 1 aliphatic carbocycles. The summed E-state index contributed by atoms with van der Waals surface area (Å²) in [6.07, 6.45) is 2.46. The number of hydrogen-bond donors (Lipinski definition) is 1. The van der Waals surface area contributed by atoms with Gasteiger partial charge < -0.3 is 10.1 Å². The molecule has 0 aliphatic heterocycles. The largest absolute Gasteiger partial charge is 0.378 e. The van der Waals surface area contributed by atoms with Crippen LogP contribution >= 0.6 is 0 Å². The molecule has 2 aromatic rings. The maximum Gasteiger partial charge on any atom is 0.200 e. The molecule has 1 fully saturated rings. The Kier molecular flexibility index (Phi) is 2.60. The van der Waals surface area contributed by atoms with Crippen LogP contribution in [-0.4, -0.2) is 44.0 Å². The molecule has 1 N–H and O–H groups in total. The summed E-state index contributed by atoms with van der Waals surface area (Å²) in [4.78, 5) is 0. The van der Waals surface area contributed by atoms with E-state index in [4.69, 9.17) is 4.74 Å². The van der Waals surface area contributed by atoms with Crippen LogP contribution in [0.2, 0.25) is 0 Å². The highest BCUT2D eigenvalue weighted by molar-refractivity contribution is 5.43. The number of ether oxygens (including phenoxy) is 1. The fraction of sp³-hybridized carbons (Fsp3) is 0.600. The zero-order chi connectivity index (χ0) is 11.7. The number of aromatic nitrogens is 5. The summed E-state index contributed by atoms with van der Waals surface area (Å²) >= 11 is 0. The van der Waals surface area contributed by atoms with Crippen molar-refractivity contribution < 1.29 is 4.74 Å². The van der Waals surface area contributed by atoms with Gasteiger partial charge in [-0.25, -0.2) is 0 Å². The van der Waals surface area contributed by atoms with Gasteiger partial charge in [0.05, 0.1) is 6.10 Å². The first-order valence-electron chi connectivity index (χ1n) is 5.78. The van der Waals surface area contributed by atoms with Crippen molar-refractivity contribution in [2.45, 2.75) is 31.9 Å². The number of nitrogens with one attached hydrogen (secondary N) is 1. The molecule has 90 valence electrons. The maximum atomic E-state index is 5.51. The number of rotatable bonds is 4. The second-order valence-electron chi connectivity index (χ2n) is 4.14. The molecule has 7 nitrogen and oxygen atoms in total. The van der Waals surface area contributed by atoms with Gasteiger partial charge in [-0.2, -0.15) is 0 Å². The maximum absolute atomic E-state index is 5.51. The van der Waals surface area contributed by atoms with Crippen molar-refractivity contribution in [3.63, 3.8) is 0 Å². The van der Waals surface area contributed by atoms with E-state index in [2.05, 4.69) is 25.9 Å². The zero-order valence-corrected chi connectivity index (χ0v) is 9.58. The molecule has 2 heterocycles. The molecular formula is C10H14N6O. The second-order valence-corrected chi connectivity index (χ2v) is 4.14. The third-order valence-electron chi connectivity index (χ3n) is 2.92. The van der Waals surface area contributed by atoms with Gasteiger partial charge in [0, 0.05) is 12.6 Å². The molecule has 0 bridgehead atoms. The van der Waals surface area contributed by atoms with Gasteiger partial charge in [-0.15, -0.1) is 14.8 Å². The number of tetrazole rings is 1. The monoisotopic (exact) mass is 234 g/mol. The Morgan fingerprint density at radius 2 is 2.35 bits per heavy atom. The lowest BCUT2D eigenvalue weighted by Crippen LogP contribution is -2.41. The van der Waals surface area contributed by atoms with Crippen molar-refractivity contribution in [3.8, 4) is 0 Å². The van der Waals surface area contributed by atoms with Crippen LogP contribution in [0.15, 0.2) is 12.1 Å².